The molecule has 0 radical (unpaired) electrons. The second-order valence-electron chi connectivity index (χ2n) is 2.77. The molecular weight excluding hydrogens is 275 g/mol. The molecule has 0 aliphatic carbocycles. The van der Waals surface area contributed by atoms with Crippen molar-refractivity contribution in [2.24, 2.45) is 0 Å². The first-order valence-corrected chi connectivity index (χ1v) is 4.01. The van der Waals surface area contributed by atoms with Crippen molar-refractivity contribution in [2.45, 2.75) is 6.54 Å². The molecule has 0 fully saturated rings. The molecule has 0 amide bonds. The third-order valence-electron chi connectivity index (χ3n) is 1.81. The minimum Gasteiger partial charge on any atom is -1.00 e. The molecule has 0 aliphatic heterocycles. The van der Waals surface area contributed by atoms with Crippen LogP contribution >= 0.6 is 0 Å². The molecule has 2 nitrogen and oxygen atoms in total. The van der Waals surface area contributed by atoms with Gasteiger partial charge >= 0.3 is 0 Å². The van der Waals surface area contributed by atoms with Crippen LogP contribution in [-0.2, 0) is 6.54 Å². The van der Waals surface area contributed by atoms with Crippen LogP contribution in [0.5, 0.6) is 0 Å². The molecule has 1 aromatic carbocycles. The van der Waals surface area contributed by atoms with Crippen LogP contribution in [0.15, 0.2) is 49.1 Å². The minimum atomic E-state index is 0. The van der Waals surface area contributed by atoms with Crippen molar-refractivity contribution in [3.05, 3.63) is 54.6 Å². The third kappa shape index (κ3) is 2.84. The zero-order chi connectivity index (χ0) is 8.23. The van der Waals surface area contributed by atoms with Gasteiger partial charge in [0, 0.05) is 0 Å². The zero-order valence-corrected chi connectivity index (χ0v) is 9.31. The maximum atomic E-state index is 3.01. The number of aromatic amines is 1. The van der Waals surface area contributed by atoms with Gasteiger partial charge in [0.15, 0.2) is 0 Å². The van der Waals surface area contributed by atoms with Gasteiger partial charge in [0.2, 0.25) is 6.33 Å². The fraction of sp³-hybridized carbons (Fsp3) is 0.100. The summed E-state index contributed by atoms with van der Waals surface area (Å²) in [5, 5.41) is 0. The first-order chi connectivity index (χ1) is 5.95. The summed E-state index contributed by atoms with van der Waals surface area (Å²) in [6, 6.07) is 10.4. The molecule has 3 heteroatoms. The highest BCUT2D eigenvalue weighted by Gasteiger charge is 1.96. The highest BCUT2D eigenvalue weighted by molar-refractivity contribution is 5.13. The number of aromatic nitrogens is 2. The summed E-state index contributed by atoms with van der Waals surface area (Å²) >= 11 is 0. The van der Waals surface area contributed by atoms with Gasteiger partial charge in [-0.3, -0.25) is 4.98 Å². The molecule has 2 aromatic rings. The zero-order valence-electron chi connectivity index (χ0n) is 7.15. The van der Waals surface area contributed by atoms with Crippen molar-refractivity contribution in [1.82, 2.24) is 4.98 Å². The number of H-pyrrole nitrogens is 1. The Morgan fingerprint density at radius 1 is 1.15 bits per heavy atom. The van der Waals surface area contributed by atoms with Crippen LogP contribution in [0.3, 0.4) is 0 Å². The summed E-state index contributed by atoms with van der Waals surface area (Å²) in [4.78, 5) is 3.01. The van der Waals surface area contributed by atoms with Crippen molar-refractivity contribution in [2.75, 3.05) is 0 Å². The quantitative estimate of drug-likeness (QED) is 0.504. The van der Waals surface area contributed by atoms with E-state index in [1.807, 2.05) is 24.8 Å². The summed E-state index contributed by atoms with van der Waals surface area (Å²) < 4.78 is 2.11. The predicted octanol–water partition coefficient (Wildman–Crippen LogP) is -1.65. The van der Waals surface area contributed by atoms with Crippen LogP contribution in [0.1, 0.15) is 5.56 Å². The molecule has 1 aromatic heterocycles. The smallest absolute Gasteiger partial charge is 0.241 e. The Morgan fingerprint density at radius 3 is 2.54 bits per heavy atom. The van der Waals surface area contributed by atoms with Gasteiger partial charge in [0.25, 0.3) is 0 Å². The first-order valence-electron chi connectivity index (χ1n) is 4.01. The van der Waals surface area contributed by atoms with E-state index < -0.39 is 0 Å². The lowest BCUT2D eigenvalue weighted by molar-refractivity contribution is -0.687. The van der Waals surface area contributed by atoms with E-state index in [0.717, 1.165) is 6.54 Å². The van der Waals surface area contributed by atoms with E-state index in [4.69, 9.17) is 0 Å². The van der Waals surface area contributed by atoms with Crippen molar-refractivity contribution in [3.8, 4) is 0 Å². The standard InChI is InChI=1S/C10H10N2.HI/c1-2-4-10(5-3-1)8-12-7-6-11-9-12;/h1-7,9H,8H2;1H. The SMILES string of the molecule is [I-].c1ccc(C[n+]2cc[nH]c2)cc1. The number of rotatable bonds is 2. The largest absolute Gasteiger partial charge is 1.00 e. The molecule has 1 N–H and O–H groups in total. The number of nitrogens with one attached hydrogen (secondary N) is 1. The van der Waals surface area contributed by atoms with Gasteiger partial charge in [0.1, 0.15) is 18.9 Å². The third-order valence-corrected chi connectivity index (χ3v) is 1.81. The summed E-state index contributed by atoms with van der Waals surface area (Å²) in [6.45, 7) is 0.935. The van der Waals surface area contributed by atoms with Gasteiger partial charge in [0.05, 0.1) is 0 Å². The predicted molar refractivity (Wildman–Crippen MR) is 46.5 cm³/mol. The second-order valence-corrected chi connectivity index (χ2v) is 2.77. The lowest BCUT2D eigenvalue weighted by atomic mass is 10.2. The minimum absolute atomic E-state index is 0. The van der Waals surface area contributed by atoms with Crippen LogP contribution in [0, 0.1) is 0 Å². The molecule has 2 rings (SSSR count). The Balaban J connectivity index is 0.000000845. The molecule has 1 heterocycles. The molecule has 68 valence electrons. The molecule has 0 unspecified atom stereocenters. The summed E-state index contributed by atoms with van der Waals surface area (Å²) in [5.74, 6) is 0. The molecule has 0 saturated carbocycles. The van der Waals surface area contributed by atoms with Gasteiger partial charge in [-0.25, -0.2) is 4.57 Å². The van der Waals surface area contributed by atoms with Crippen LogP contribution in [0.4, 0.5) is 0 Å². The number of nitrogens with zero attached hydrogens (tertiary/aromatic N) is 1. The number of hydrogen-bond acceptors (Lipinski definition) is 0. The van der Waals surface area contributed by atoms with Crippen LogP contribution in [0.25, 0.3) is 0 Å². The molecule has 0 bridgehead atoms. The fourth-order valence-corrected chi connectivity index (χ4v) is 1.21. The van der Waals surface area contributed by atoms with E-state index in [2.05, 4.69) is 33.8 Å². The Kier molecular flexibility index (Phi) is 3.95. The van der Waals surface area contributed by atoms with Gasteiger partial charge in [-0.15, -0.1) is 0 Å². The van der Waals surface area contributed by atoms with E-state index in [9.17, 15) is 0 Å². The van der Waals surface area contributed by atoms with E-state index >= 15 is 0 Å². The highest BCUT2D eigenvalue weighted by atomic mass is 127. The average Bonchev–Trinajstić information content (AvgIpc) is 2.59. The van der Waals surface area contributed by atoms with E-state index in [1.54, 1.807) is 0 Å². The second kappa shape index (κ2) is 5.01. The van der Waals surface area contributed by atoms with Gasteiger partial charge in [-0.05, 0) is 5.56 Å². The van der Waals surface area contributed by atoms with E-state index in [1.165, 1.54) is 5.56 Å². The van der Waals surface area contributed by atoms with E-state index in [0.29, 0.717) is 0 Å². The first kappa shape index (κ1) is 10.2. The van der Waals surface area contributed by atoms with Crippen molar-refractivity contribution in [3.63, 3.8) is 0 Å². The fourth-order valence-electron chi connectivity index (χ4n) is 1.21. The summed E-state index contributed by atoms with van der Waals surface area (Å²) in [5.41, 5.74) is 1.32. The molecule has 0 aliphatic rings. The maximum Gasteiger partial charge on any atom is 0.241 e. The number of benzene rings is 1. The van der Waals surface area contributed by atoms with Crippen LogP contribution < -0.4 is 28.5 Å². The topological polar surface area (TPSA) is 19.7 Å². The molecule has 0 atom stereocenters. The Bertz CT molecular complexity index is 329. The van der Waals surface area contributed by atoms with Crippen molar-refractivity contribution >= 4 is 0 Å². The number of hydrogen-bond donors (Lipinski definition) is 1. The lowest BCUT2D eigenvalue weighted by Crippen LogP contribution is -3.00. The normalized spacial score (nSPS) is 9.23. The van der Waals surface area contributed by atoms with Crippen molar-refractivity contribution in [1.29, 1.82) is 0 Å². The lowest BCUT2D eigenvalue weighted by Gasteiger charge is -1.95. The maximum absolute atomic E-state index is 3.01. The molecular formula is C10H11IN2. The van der Waals surface area contributed by atoms with Gasteiger partial charge in [-0.2, -0.15) is 0 Å². The Morgan fingerprint density at radius 2 is 1.92 bits per heavy atom. The van der Waals surface area contributed by atoms with E-state index in [-0.39, 0.29) is 24.0 Å². The molecule has 13 heavy (non-hydrogen) atoms. The molecule has 0 saturated heterocycles. The summed E-state index contributed by atoms with van der Waals surface area (Å²) in [6.07, 6.45) is 5.89. The monoisotopic (exact) mass is 286 g/mol. The van der Waals surface area contributed by atoms with Crippen LogP contribution in [-0.4, -0.2) is 4.98 Å². The van der Waals surface area contributed by atoms with Gasteiger partial charge in [-0.1, -0.05) is 30.3 Å². The highest BCUT2D eigenvalue weighted by Crippen LogP contribution is 1.96. The van der Waals surface area contributed by atoms with Crippen molar-refractivity contribution < 1.29 is 28.5 Å². The molecule has 0 spiro atoms. The number of imidazole rings is 1. The summed E-state index contributed by atoms with van der Waals surface area (Å²) in [7, 11) is 0. The number of halogens is 1. The van der Waals surface area contributed by atoms with Gasteiger partial charge < -0.3 is 24.0 Å². The Labute approximate surface area is 94.6 Å². The Hall–Kier alpha value is -0.840. The van der Waals surface area contributed by atoms with Crippen LogP contribution in [0.2, 0.25) is 0 Å². The average molecular weight is 286 g/mol.